The van der Waals surface area contributed by atoms with Crippen LogP contribution >= 0.6 is 0 Å². The topological polar surface area (TPSA) is 20.2 Å². The summed E-state index contributed by atoms with van der Waals surface area (Å²) >= 11 is 0. The van der Waals surface area contributed by atoms with Crippen molar-refractivity contribution in [2.75, 3.05) is 6.61 Å². The molecule has 0 aromatic carbocycles. The summed E-state index contributed by atoms with van der Waals surface area (Å²) in [5.74, 6) is 0.590. The Balaban J connectivity index is 0.00000116. The quantitative estimate of drug-likeness (QED) is 0.613. The maximum atomic E-state index is 9.84. The molecule has 0 bridgehead atoms. The van der Waals surface area contributed by atoms with Crippen molar-refractivity contribution in [3.8, 4) is 0 Å². The second-order valence-corrected chi connectivity index (χ2v) is 7.13. The zero-order valence-corrected chi connectivity index (χ0v) is 14.9. The fourth-order valence-electron chi connectivity index (χ4n) is 4.10. The number of aliphatic hydroxyl groups excluding tert-OH is 1. The van der Waals surface area contributed by atoms with E-state index in [2.05, 4.69) is 39.2 Å². The van der Waals surface area contributed by atoms with E-state index >= 15 is 0 Å². The van der Waals surface area contributed by atoms with E-state index in [0.717, 1.165) is 0 Å². The van der Waals surface area contributed by atoms with Gasteiger partial charge < -0.3 is 5.11 Å². The number of rotatable bonds is 4. The van der Waals surface area contributed by atoms with E-state index in [1.807, 2.05) is 0 Å². The Morgan fingerprint density at radius 2 is 1.77 bits per heavy atom. The van der Waals surface area contributed by atoms with Crippen molar-refractivity contribution in [3.63, 3.8) is 0 Å². The maximum absolute atomic E-state index is 9.84. The average Bonchev–Trinajstić information content (AvgIpc) is 2.58. The van der Waals surface area contributed by atoms with Crippen LogP contribution in [-0.2, 0) is 0 Å². The minimum absolute atomic E-state index is 0.116. The second kappa shape index (κ2) is 10.0. The van der Waals surface area contributed by atoms with Crippen molar-refractivity contribution in [2.24, 2.45) is 11.3 Å². The summed E-state index contributed by atoms with van der Waals surface area (Å²) < 4.78 is 0. The predicted molar refractivity (Wildman–Crippen MR) is 97.9 cm³/mol. The first-order chi connectivity index (χ1) is 10.7. The first-order valence-electron chi connectivity index (χ1n) is 9.19. The third kappa shape index (κ3) is 5.12. The lowest BCUT2D eigenvalue weighted by Crippen LogP contribution is -2.35. The standard InChI is InChI=1S/C19H32O.C2H4/c1-3-8-18-17(11-7-14-19(18,2)15-20)13-12-16-9-5-4-6-10-16;1-2/h12-13,18,20H,3-11,14-15H2,1-2H3;1-2H2/b17-13+;. The summed E-state index contributed by atoms with van der Waals surface area (Å²) in [5.41, 5.74) is 3.37. The molecule has 2 aliphatic rings. The van der Waals surface area contributed by atoms with E-state index in [0.29, 0.717) is 12.5 Å². The Morgan fingerprint density at radius 3 is 2.36 bits per heavy atom. The van der Waals surface area contributed by atoms with Gasteiger partial charge in [0.2, 0.25) is 0 Å². The van der Waals surface area contributed by atoms with Gasteiger partial charge in [-0.25, -0.2) is 0 Å². The first-order valence-corrected chi connectivity index (χ1v) is 9.19. The molecule has 0 aliphatic heterocycles. The van der Waals surface area contributed by atoms with E-state index < -0.39 is 0 Å². The fraction of sp³-hybridized carbons (Fsp3) is 0.714. The molecule has 126 valence electrons. The summed E-state index contributed by atoms with van der Waals surface area (Å²) in [6.07, 6.45) is 17.7. The highest BCUT2D eigenvalue weighted by atomic mass is 16.3. The molecule has 0 saturated heterocycles. The normalized spacial score (nSPS) is 30.6. The van der Waals surface area contributed by atoms with Crippen LogP contribution in [0.3, 0.4) is 0 Å². The zero-order chi connectivity index (χ0) is 16.4. The molecule has 2 unspecified atom stereocenters. The van der Waals surface area contributed by atoms with E-state index in [1.165, 1.54) is 64.2 Å². The van der Waals surface area contributed by atoms with Crippen molar-refractivity contribution in [1.29, 1.82) is 0 Å². The molecule has 2 saturated carbocycles. The zero-order valence-electron chi connectivity index (χ0n) is 14.9. The van der Waals surface area contributed by atoms with Gasteiger partial charge in [-0.3, -0.25) is 0 Å². The maximum Gasteiger partial charge on any atom is 0.0490 e. The highest BCUT2D eigenvalue weighted by Crippen LogP contribution is 2.46. The molecule has 0 aromatic rings. The second-order valence-electron chi connectivity index (χ2n) is 7.13. The Hall–Kier alpha value is -0.820. The third-order valence-corrected chi connectivity index (χ3v) is 5.47. The molecule has 2 fully saturated rings. The summed E-state index contributed by atoms with van der Waals surface area (Å²) in [6.45, 7) is 10.9. The van der Waals surface area contributed by atoms with Crippen molar-refractivity contribution in [2.45, 2.75) is 78.1 Å². The summed E-state index contributed by atoms with van der Waals surface area (Å²) in [5, 5.41) is 9.84. The molecule has 0 spiro atoms. The molecule has 0 heterocycles. The predicted octanol–water partition coefficient (Wildman–Crippen LogP) is 6.20. The van der Waals surface area contributed by atoms with Gasteiger partial charge in [-0.1, -0.05) is 50.0 Å². The minimum atomic E-state index is 0.116. The van der Waals surface area contributed by atoms with Gasteiger partial charge in [0.15, 0.2) is 0 Å². The van der Waals surface area contributed by atoms with Crippen molar-refractivity contribution < 1.29 is 5.11 Å². The number of aliphatic hydroxyl groups is 1. The van der Waals surface area contributed by atoms with Crippen LogP contribution in [0, 0.1) is 11.3 Å². The van der Waals surface area contributed by atoms with Crippen LogP contribution in [0.1, 0.15) is 78.1 Å². The average molecular weight is 305 g/mol. The Kier molecular flexibility index (Phi) is 8.78. The van der Waals surface area contributed by atoms with Crippen LogP contribution in [-0.4, -0.2) is 11.7 Å². The fourth-order valence-corrected chi connectivity index (χ4v) is 4.10. The molecule has 2 rings (SSSR count). The Labute approximate surface area is 138 Å². The molecule has 1 heteroatoms. The van der Waals surface area contributed by atoms with Gasteiger partial charge in [0.25, 0.3) is 0 Å². The Bertz CT molecular complexity index is 371. The van der Waals surface area contributed by atoms with Crippen molar-refractivity contribution in [1.82, 2.24) is 0 Å². The van der Waals surface area contributed by atoms with Crippen LogP contribution in [0.4, 0.5) is 0 Å². The van der Waals surface area contributed by atoms with Gasteiger partial charge in [0.1, 0.15) is 0 Å². The van der Waals surface area contributed by atoms with E-state index in [9.17, 15) is 5.11 Å². The molecule has 22 heavy (non-hydrogen) atoms. The lowest BCUT2D eigenvalue weighted by molar-refractivity contribution is 0.0632. The molecule has 0 amide bonds. The van der Waals surface area contributed by atoms with Gasteiger partial charge in [-0.15, -0.1) is 13.2 Å². The highest BCUT2D eigenvalue weighted by Gasteiger charge is 2.37. The first kappa shape index (κ1) is 19.2. The van der Waals surface area contributed by atoms with E-state index in [1.54, 1.807) is 11.1 Å². The molecule has 2 atom stereocenters. The van der Waals surface area contributed by atoms with Gasteiger partial charge >= 0.3 is 0 Å². The lowest BCUT2D eigenvalue weighted by Gasteiger charge is -2.42. The smallest absolute Gasteiger partial charge is 0.0490 e. The monoisotopic (exact) mass is 304 g/mol. The van der Waals surface area contributed by atoms with Crippen LogP contribution in [0.25, 0.3) is 0 Å². The molecular formula is C21H36O. The van der Waals surface area contributed by atoms with Gasteiger partial charge in [-0.05, 0) is 62.7 Å². The van der Waals surface area contributed by atoms with E-state index in [4.69, 9.17) is 0 Å². The van der Waals surface area contributed by atoms with Crippen LogP contribution < -0.4 is 0 Å². The molecule has 1 N–H and O–H groups in total. The van der Waals surface area contributed by atoms with Gasteiger partial charge in [0, 0.05) is 6.61 Å². The van der Waals surface area contributed by atoms with Gasteiger partial charge in [-0.2, -0.15) is 0 Å². The van der Waals surface area contributed by atoms with Gasteiger partial charge in [0.05, 0.1) is 0 Å². The molecular weight excluding hydrogens is 268 g/mol. The third-order valence-electron chi connectivity index (χ3n) is 5.47. The van der Waals surface area contributed by atoms with Crippen molar-refractivity contribution in [3.05, 3.63) is 36.5 Å². The SMILES string of the molecule is C=C.CCCC1/C(=C/C=C2CCCCC2)CCCC1(C)CO. The highest BCUT2D eigenvalue weighted by molar-refractivity contribution is 5.23. The summed E-state index contributed by atoms with van der Waals surface area (Å²) in [6, 6.07) is 0. The van der Waals surface area contributed by atoms with Crippen LogP contribution in [0.2, 0.25) is 0 Å². The van der Waals surface area contributed by atoms with Crippen LogP contribution in [0.15, 0.2) is 36.5 Å². The number of hydrogen-bond acceptors (Lipinski definition) is 1. The van der Waals surface area contributed by atoms with Crippen LogP contribution in [0.5, 0.6) is 0 Å². The minimum Gasteiger partial charge on any atom is -0.396 e. The molecule has 2 aliphatic carbocycles. The summed E-state index contributed by atoms with van der Waals surface area (Å²) in [4.78, 5) is 0. The lowest BCUT2D eigenvalue weighted by atomic mass is 9.64. The number of allylic oxidation sites excluding steroid dienone is 4. The molecule has 1 nitrogen and oxygen atoms in total. The molecule has 0 radical (unpaired) electrons. The Morgan fingerprint density at radius 1 is 1.09 bits per heavy atom. The summed E-state index contributed by atoms with van der Waals surface area (Å²) in [7, 11) is 0. The number of hydrogen-bond donors (Lipinski definition) is 1. The molecule has 0 aromatic heterocycles. The largest absolute Gasteiger partial charge is 0.396 e. The van der Waals surface area contributed by atoms with E-state index in [-0.39, 0.29) is 5.41 Å². The van der Waals surface area contributed by atoms with Crippen molar-refractivity contribution >= 4 is 0 Å².